The summed E-state index contributed by atoms with van der Waals surface area (Å²) in [6, 6.07) is 0. The molecule has 0 fully saturated rings. The Morgan fingerprint density at radius 3 is 2.57 bits per heavy atom. The zero-order chi connectivity index (χ0) is 5.54. The third kappa shape index (κ3) is 5.71. The van der Waals surface area contributed by atoms with Crippen molar-refractivity contribution >= 4 is 9.47 Å². The first kappa shape index (κ1) is 6.71. The fraction of sp³-hybridized carbons (Fsp3) is 0.200. The van der Waals surface area contributed by atoms with Crippen LogP contribution in [0.4, 0.5) is 0 Å². The minimum Gasteiger partial charge on any atom is -0.488 e. The van der Waals surface area contributed by atoms with Gasteiger partial charge in [-0.1, -0.05) is 12.2 Å². The fourth-order valence-electron chi connectivity index (χ4n) is 0.202. The highest BCUT2D eigenvalue weighted by molar-refractivity contribution is 7.10. The van der Waals surface area contributed by atoms with Crippen molar-refractivity contribution in [1.29, 1.82) is 0 Å². The lowest BCUT2D eigenvalue weighted by Crippen LogP contribution is -1.49. The molecular formula is C5H9OP. The highest BCUT2D eigenvalue weighted by Crippen LogP contribution is 1.85. The van der Waals surface area contributed by atoms with Gasteiger partial charge in [0, 0.05) is 0 Å². The minimum atomic E-state index is 1.59. The Bertz CT molecular complexity index is 76.1. The molecule has 0 bridgehead atoms. The van der Waals surface area contributed by atoms with E-state index in [1.807, 2.05) is 25.2 Å². The van der Waals surface area contributed by atoms with Crippen LogP contribution in [0.2, 0.25) is 0 Å². The van der Waals surface area contributed by atoms with Crippen LogP contribution in [-0.2, 0) is 4.52 Å². The summed E-state index contributed by atoms with van der Waals surface area (Å²) in [6.07, 6.45) is 7.22. The zero-order valence-corrected chi connectivity index (χ0v) is 5.45. The zero-order valence-electron chi connectivity index (χ0n) is 4.29. The van der Waals surface area contributed by atoms with Gasteiger partial charge in [0.05, 0.1) is 15.7 Å². The lowest BCUT2D eigenvalue weighted by molar-refractivity contribution is 0.565. The molecule has 1 nitrogen and oxygen atoms in total. The van der Waals surface area contributed by atoms with E-state index in [0.717, 1.165) is 0 Å². The van der Waals surface area contributed by atoms with Crippen LogP contribution in [-0.4, -0.2) is 0 Å². The van der Waals surface area contributed by atoms with Crippen LogP contribution in [0.25, 0.3) is 0 Å². The SMILES string of the molecule is C/C=C/C=C/OP. The summed E-state index contributed by atoms with van der Waals surface area (Å²) in [5.41, 5.74) is 0. The van der Waals surface area contributed by atoms with Crippen molar-refractivity contribution in [1.82, 2.24) is 0 Å². The van der Waals surface area contributed by atoms with Gasteiger partial charge in [-0.25, -0.2) is 0 Å². The van der Waals surface area contributed by atoms with E-state index in [1.165, 1.54) is 0 Å². The number of hydrogen-bond donors (Lipinski definition) is 0. The highest BCUT2D eigenvalue weighted by atomic mass is 31.0. The Balaban J connectivity index is 3.09. The van der Waals surface area contributed by atoms with E-state index >= 15 is 0 Å². The second kappa shape index (κ2) is 5.71. The molecule has 0 aromatic carbocycles. The molecular weight excluding hydrogens is 107 g/mol. The Kier molecular flexibility index (Phi) is 5.47. The van der Waals surface area contributed by atoms with Crippen molar-refractivity contribution < 1.29 is 4.52 Å². The normalized spacial score (nSPS) is 11.1. The molecule has 0 aliphatic carbocycles. The van der Waals surface area contributed by atoms with Gasteiger partial charge in [0.15, 0.2) is 0 Å². The Labute approximate surface area is 46.3 Å². The van der Waals surface area contributed by atoms with E-state index in [1.54, 1.807) is 6.26 Å². The maximum absolute atomic E-state index is 4.53. The van der Waals surface area contributed by atoms with E-state index in [-0.39, 0.29) is 0 Å². The third-order valence-electron chi connectivity index (χ3n) is 0.461. The van der Waals surface area contributed by atoms with Crippen molar-refractivity contribution in [3.05, 3.63) is 24.5 Å². The second-order valence-electron chi connectivity index (χ2n) is 0.990. The molecule has 1 unspecified atom stereocenters. The molecule has 1 atom stereocenters. The van der Waals surface area contributed by atoms with Crippen LogP contribution in [0.3, 0.4) is 0 Å². The maximum atomic E-state index is 4.53. The predicted molar refractivity (Wildman–Crippen MR) is 34.7 cm³/mol. The van der Waals surface area contributed by atoms with Crippen LogP contribution in [0.1, 0.15) is 6.92 Å². The Morgan fingerprint density at radius 2 is 2.14 bits per heavy atom. The smallest absolute Gasteiger partial charge is 0.0861 e. The average Bonchev–Trinajstić information content (AvgIpc) is 1.69. The first-order valence-corrected chi connectivity index (χ1v) is 2.52. The van der Waals surface area contributed by atoms with Gasteiger partial charge >= 0.3 is 0 Å². The number of allylic oxidation sites excluding steroid dienone is 3. The topological polar surface area (TPSA) is 9.23 Å². The summed E-state index contributed by atoms with van der Waals surface area (Å²) in [7, 11) is 2.13. The molecule has 40 valence electrons. The molecule has 0 heterocycles. The molecule has 0 rings (SSSR count). The summed E-state index contributed by atoms with van der Waals surface area (Å²) in [6.45, 7) is 1.95. The van der Waals surface area contributed by atoms with E-state index in [0.29, 0.717) is 0 Å². The molecule has 2 heteroatoms. The summed E-state index contributed by atoms with van der Waals surface area (Å²) in [4.78, 5) is 0. The number of hydrogen-bond acceptors (Lipinski definition) is 1. The lowest BCUT2D eigenvalue weighted by Gasteiger charge is -1.78. The lowest BCUT2D eigenvalue weighted by atomic mass is 10.5. The Hall–Kier alpha value is -0.290. The van der Waals surface area contributed by atoms with Crippen molar-refractivity contribution in [2.45, 2.75) is 6.92 Å². The van der Waals surface area contributed by atoms with Crippen LogP contribution in [0.15, 0.2) is 24.5 Å². The van der Waals surface area contributed by atoms with Gasteiger partial charge in [-0.05, 0) is 13.0 Å². The van der Waals surface area contributed by atoms with Gasteiger partial charge in [0.25, 0.3) is 0 Å². The second-order valence-corrected chi connectivity index (χ2v) is 1.26. The summed E-state index contributed by atoms with van der Waals surface area (Å²) in [5.74, 6) is 0. The first-order valence-electron chi connectivity index (χ1n) is 2.05. The van der Waals surface area contributed by atoms with Crippen molar-refractivity contribution in [3.8, 4) is 0 Å². The van der Waals surface area contributed by atoms with Gasteiger partial charge in [0.2, 0.25) is 0 Å². The van der Waals surface area contributed by atoms with Crippen LogP contribution in [0, 0.1) is 0 Å². The standard InChI is InChI=1S/C5H9OP/c1-2-3-4-5-6-7/h2-5H,7H2,1H3/b3-2+,5-4+. The molecule has 0 aromatic heterocycles. The van der Waals surface area contributed by atoms with Gasteiger partial charge < -0.3 is 4.52 Å². The third-order valence-corrected chi connectivity index (χ3v) is 0.618. The minimum absolute atomic E-state index is 1.59. The molecule has 0 radical (unpaired) electrons. The fourth-order valence-corrected chi connectivity index (χ4v) is 0.293. The molecule has 0 saturated carbocycles. The largest absolute Gasteiger partial charge is 0.488 e. The van der Waals surface area contributed by atoms with E-state index in [4.69, 9.17) is 0 Å². The molecule has 0 saturated heterocycles. The van der Waals surface area contributed by atoms with Gasteiger partial charge in [-0.15, -0.1) is 0 Å². The predicted octanol–water partition coefficient (Wildman–Crippen LogP) is 1.88. The van der Waals surface area contributed by atoms with Gasteiger partial charge in [-0.2, -0.15) is 0 Å². The molecule has 0 aliphatic heterocycles. The maximum Gasteiger partial charge on any atom is 0.0861 e. The van der Waals surface area contributed by atoms with Crippen LogP contribution < -0.4 is 0 Å². The molecule has 0 N–H and O–H groups in total. The molecule has 0 amide bonds. The van der Waals surface area contributed by atoms with E-state index in [2.05, 4.69) is 14.0 Å². The Morgan fingerprint density at radius 1 is 1.43 bits per heavy atom. The first-order chi connectivity index (χ1) is 3.41. The summed E-state index contributed by atoms with van der Waals surface area (Å²) in [5, 5.41) is 0. The van der Waals surface area contributed by atoms with Gasteiger partial charge in [-0.3, -0.25) is 0 Å². The van der Waals surface area contributed by atoms with Crippen molar-refractivity contribution in [3.63, 3.8) is 0 Å². The van der Waals surface area contributed by atoms with E-state index in [9.17, 15) is 0 Å². The number of rotatable bonds is 2. The average molecular weight is 116 g/mol. The van der Waals surface area contributed by atoms with Crippen LogP contribution in [0.5, 0.6) is 0 Å². The molecule has 0 aliphatic rings. The van der Waals surface area contributed by atoms with Crippen LogP contribution >= 0.6 is 9.47 Å². The molecule has 7 heavy (non-hydrogen) atoms. The molecule has 0 aromatic rings. The summed E-state index contributed by atoms with van der Waals surface area (Å²) < 4.78 is 4.53. The van der Waals surface area contributed by atoms with E-state index < -0.39 is 0 Å². The monoisotopic (exact) mass is 116 g/mol. The van der Waals surface area contributed by atoms with Crippen molar-refractivity contribution in [2.75, 3.05) is 0 Å². The van der Waals surface area contributed by atoms with Gasteiger partial charge in [0.1, 0.15) is 0 Å². The summed E-state index contributed by atoms with van der Waals surface area (Å²) >= 11 is 0. The highest BCUT2D eigenvalue weighted by Gasteiger charge is 1.55. The van der Waals surface area contributed by atoms with Crippen molar-refractivity contribution in [2.24, 2.45) is 0 Å². The quantitative estimate of drug-likeness (QED) is 0.304. The molecule has 0 spiro atoms.